The van der Waals surface area contributed by atoms with Gasteiger partial charge in [-0.3, -0.25) is 4.79 Å². The molecular formula is C10H18N2O3S. The molecule has 2 fully saturated rings. The third-order valence-electron chi connectivity index (χ3n) is 3.61. The maximum absolute atomic E-state index is 11.9. The molecule has 2 saturated heterocycles. The van der Waals surface area contributed by atoms with Gasteiger partial charge in [0.05, 0.1) is 23.1 Å². The summed E-state index contributed by atoms with van der Waals surface area (Å²) < 4.78 is 23.0. The average molecular weight is 246 g/mol. The molecule has 2 rings (SSSR count). The third kappa shape index (κ3) is 1.96. The quantitative estimate of drug-likeness (QED) is 0.677. The van der Waals surface area contributed by atoms with Gasteiger partial charge in [0, 0.05) is 6.54 Å². The van der Waals surface area contributed by atoms with Crippen LogP contribution in [0.1, 0.15) is 26.2 Å². The maximum atomic E-state index is 11.9. The van der Waals surface area contributed by atoms with E-state index in [2.05, 4.69) is 0 Å². The number of sulfone groups is 1. The highest BCUT2D eigenvalue weighted by Gasteiger charge is 2.46. The Kier molecular flexibility index (Phi) is 2.74. The molecule has 2 aliphatic rings. The molecule has 1 amide bonds. The largest absolute Gasteiger partial charge is 0.335 e. The molecule has 16 heavy (non-hydrogen) atoms. The Labute approximate surface area is 95.9 Å². The van der Waals surface area contributed by atoms with Crippen molar-refractivity contribution in [3.8, 4) is 0 Å². The summed E-state index contributed by atoms with van der Waals surface area (Å²) in [5, 5.41) is 0. The predicted molar refractivity (Wildman–Crippen MR) is 60.6 cm³/mol. The Morgan fingerprint density at radius 3 is 2.75 bits per heavy atom. The number of hydrogen-bond donors (Lipinski definition) is 1. The van der Waals surface area contributed by atoms with Gasteiger partial charge < -0.3 is 10.6 Å². The first-order valence-corrected chi connectivity index (χ1v) is 7.44. The van der Waals surface area contributed by atoms with Gasteiger partial charge in [-0.15, -0.1) is 0 Å². The lowest BCUT2D eigenvalue weighted by molar-refractivity contribution is -0.140. The van der Waals surface area contributed by atoms with Crippen LogP contribution in [0, 0.1) is 0 Å². The van der Waals surface area contributed by atoms with Crippen molar-refractivity contribution in [3.63, 3.8) is 0 Å². The van der Waals surface area contributed by atoms with E-state index in [1.54, 1.807) is 4.90 Å². The molecule has 0 bridgehead atoms. The molecule has 0 aromatic carbocycles. The Hall–Kier alpha value is -0.620. The van der Waals surface area contributed by atoms with E-state index in [-0.39, 0.29) is 17.4 Å². The van der Waals surface area contributed by atoms with Crippen LogP contribution in [0.25, 0.3) is 0 Å². The van der Waals surface area contributed by atoms with Crippen molar-refractivity contribution in [2.24, 2.45) is 5.73 Å². The Balaban J connectivity index is 2.21. The van der Waals surface area contributed by atoms with E-state index in [0.717, 1.165) is 6.42 Å². The van der Waals surface area contributed by atoms with Crippen molar-refractivity contribution in [2.75, 3.05) is 18.1 Å². The molecule has 0 aliphatic carbocycles. The molecule has 0 aromatic rings. The summed E-state index contributed by atoms with van der Waals surface area (Å²) in [6.07, 6.45) is 2.11. The third-order valence-corrected chi connectivity index (χ3v) is 5.50. The zero-order valence-electron chi connectivity index (χ0n) is 9.48. The molecule has 2 atom stereocenters. The number of piperidine rings is 1. The van der Waals surface area contributed by atoms with Crippen molar-refractivity contribution in [1.29, 1.82) is 0 Å². The highest BCUT2D eigenvalue weighted by atomic mass is 32.2. The standard InChI is InChI=1S/C10H18N2O3S/c1-10(4-6-16(14,15)7-10)12-5-2-3-8(11)9(12)13/h8H,2-7,11H2,1H3. The van der Waals surface area contributed by atoms with Crippen molar-refractivity contribution in [3.05, 3.63) is 0 Å². The van der Waals surface area contributed by atoms with Gasteiger partial charge in [0.15, 0.2) is 9.84 Å². The van der Waals surface area contributed by atoms with Gasteiger partial charge in [0.25, 0.3) is 0 Å². The van der Waals surface area contributed by atoms with Crippen LogP contribution in [0.15, 0.2) is 0 Å². The lowest BCUT2D eigenvalue weighted by Crippen LogP contribution is -2.58. The van der Waals surface area contributed by atoms with Crippen molar-refractivity contribution < 1.29 is 13.2 Å². The first kappa shape index (κ1) is 11.9. The SMILES string of the molecule is CC1(N2CCCC(N)C2=O)CCS(=O)(=O)C1. The number of rotatable bonds is 1. The molecular weight excluding hydrogens is 228 g/mol. The number of carbonyl (C=O) groups excluding carboxylic acids is 1. The number of amides is 1. The van der Waals surface area contributed by atoms with Crippen LogP contribution in [0.5, 0.6) is 0 Å². The monoisotopic (exact) mass is 246 g/mol. The molecule has 0 spiro atoms. The Morgan fingerprint density at radius 2 is 2.19 bits per heavy atom. The first-order chi connectivity index (χ1) is 7.34. The fraction of sp³-hybridized carbons (Fsp3) is 0.900. The minimum Gasteiger partial charge on any atom is -0.335 e. The highest BCUT2D eigenvalue weighted by Crippen LogP contribution is 2.31. The van der Waals surface area contributed by atoms with Crippen LogP contribution in [0.2, 0.25) is 0 Å². The summed E-state index contributed by atoms with van der Waals surface area (Å²) in [4.78, 5) is 13.6. The Bertz CT molecular complexity index is 406. The van der Waals surface area contributed by atoms with Crippen LogP contribution >= 0.6 is 0 Å². The maximum Gasteiger partial charge on any atom is 0.239 e. The summed E-state index contributed by atoms with van der Waals surface area (Å²) in [5.41, 5.74) is 5.19. The lowest BCUT2D eigenvalue weighted by atomic mass is 9.94. The van der Waals surface area contributed by atoms with E-state index in [9.17, 15) is 13.2 Å². The molecule has 0 aromatic heterocycles. The number of nitrogens with two attached hydrogens (primary N) is 1. The second-order valence-corrected chi connectivity index (χ2v) is 7.26. The second kappa shape index (κ2) is 3.70. The second-order valence-electron chi connectivity index (χ2n) is 5.08. The molecule has 92 valence electrons. The molecule has 2 heterocycles. The lowest BCUT2D eigenvalue weighted by Gasteiger charge is -2.41. The molecule has 0 radical (unpaired) electrons. The molecule has 2 aliphatic heterocycles. The van der Waals surface area contributed by atoms with Crippen LogP contribution in [0.4, 0.5) is 0 Å². The van der Waals surface area contributed by atoms with Gasteiger partial charge in [0.2, 0.25) is 5.91 Å². The van der Waals surface area contributed by atoms with Gasteiger partial charge >= 0.3 is 0 Å². The molecule has 5 nitrogen and oxygen atoms in total. The molecule has 0 saturated carbocycles. The summed E-state index contributed by atoms with van der Waals surface area (Å²) in [6.45, 7) is 2.49. The molecule has 2 unspecified atom stereocenters. The average Bonchev–Trinajstić information content (AvgIpc) is 2.46. The van der Waals surface area contributed by atoms with Gasteiger partial charge in [0.1, 0.15) is 0 Å². The van der Waals surface area contributed by atoms with Crippen LogP contribution < -0.4 is 5.73 Å². The van der Waals surface area contributed by atoms with E-state index in [1.807, 2.05) is 6.92 Å². The van der Waals surface area contributed by atoms with Crippen molar-refractivity contribution >= 4 is 15.7 Å². The van der Waals surface area contributed by atoms with E-state index < -0.39 is 21.4 Å². The summed E-state index contributed by atoms with van der Waals surface area (Å²) >= 11 is 0. The summed E-state index contributed by atoms with van der Waals surface area (Å²) in [5.74, 6) is 0.173. The van der Waals surface area contributed by atoms with Crippen LogP contribution in [-0.4, -0.2) is 48.9 Å². The van der Waals surface area contributed by atoms with E-state index in [4.69, 9.17) is 5.73 Å². The fourth-order valence-electron chi connectivity index (χ4n) is 2.65. The van der Waals surface area contributed by atoms with E-state index >= 15 is 0 Å². The van der Waals surface area contributed by atoms with Crippen molar-refractivity contribution in [1.82, 2.24) is 4.90 Å². The number of nitrogens with zero attached hydrogens (tertiary/aromatic N) is 1. The minimum atomic E-state index is -2.98. The van der Waals surface area contributed by atoms with Gasteiger partial charge in [-0.1, -0.05) is 0 Å². The summed E-state index contributed by atoms with van der Waals surface area (Å²) in [7, 11) is -2.98. The Morgan fingerprint density at radius 1 is 1.50 bits per heavy atom. The number of hydrogen-bond acceptors (Lipinski definition) is 4. The zero-order valence-corrected chi connectivity index (χ0v) is 10.3. The fourth-order valence-corrected chi connectivity index (χ4v) is 4.79. The van der Waals surface area contributed by atoms with Gasteiger partial charge in [-0.25, -0.2) is 8.42 Å². The normalized spacial score (nSPS) is 39.0. The van der Waals surface area contributed by atoms with Gasteiger partial charge in [-0.2, -0.15) is 0 Å². The molecule has 6 heteroatoms. The van der Waals surface area contributed by atoms with Crippen LogP contribution in [0.3, 0.4) is 0 Å². The number of carbonyl (C=O) groups is 1. The first-order valence-electron chi connectivity index (χ1n) is 5.62. The minimum absolute atomic E-state index is 0.0818. The van der Waals surface area contributed by atoms with E-state index in [1.165, 1.54) is 0 Å². The molecule has 2 N–H and O–H groups in total. The highest BCUT2D eigenvalue weighted by molar-refractivity contribution is 7.91. The van der Waals surface area contributed by atoms with Crippen LogP contribution in [-0.2, 0) is 14.6 Å². The van der Waals surface area contributed by atoms with E-state index in [0.29, 0.717) is 19.4 Å². The smallest absolute Gasteiger partial charge is 0.239 e. The topological polar surface area (TPSA) is 80.5 Å². The zero-order chi connectivity index (χ0) is 12.0. The number of likely N-dealkylation sites (tertiary alicyclic amines) is 1. The summed E-state index contributed by atoms with van der Waals surface area (Å²) in [6, 6.07) is -0.450. The predicted octanol–water partition coefficient (Wildman–Crippen LogP) is -0.487. The van der Waals surface area contributed by atoms with Gasteiger partial charge in [-0.05, 0) is 26.2 Å². The van der Waals surface area contributed by atoms with Crippen molar-refractivity contribution in [2.45, 2.75) is 37.8 Å².